The Morgan fingerprint density at radius 1 is 0.194 bits per heavy atom. The second kappa shape index (κ2) is 46.0. The van der Waals surface area contributed by atoms with Crippen molar-refractivity contribution < 1.29 is 224 Å². The Kier molecular flexibility index (Phi) is 37.0. The third-order valence-corrected chi connectivity index (χ3v) is 19.9. The Morgan fingerprint density at radius 3 is 0.535 bits per heavy atom. The molecule has 7 rings (SSSR count). The van der Waals surface area contributed by atoms with Crippen molar-refractivity contribution in [2.24, 2.45) is 35.5 Å². The van der Waals surface area contributed by atoms with Gasteiger partial charge < -0.3 is 140 Å². The molecule has 0 spiro atoms. The van der Waals surface area contributed by atoms with E-state index in [2.05, 4.69) is 26.6 Å². The number of carbonyl (C=O) groups is 23. The van der Waals surface area contributed by atoms with E-state index in [0.29, 0.717) is 0 Å². The third kappa shape index (κ3) is 28.3. The Bertz CT molecular complexity index is 4290. The molecule has 7 saturated heterocycles. The summed E-state index contributed by atoms with van der Waals surface area (Å²) >= 11 is 0. The van der Waals surface area contributed by atoms with Crippen molar-refractivity contribution in [1.29, 1.82) is 0 Å². The number of nitrogens with one attached hydrogen (secondary N) is 5. The van der Waals surface area contributed by atoms with Crippen LogP contribution < -0.4 is 26.6 Å². The summed E-state index contributed by atoms with van der Waals surface area (Å²) in [7, 11) is 0. The first-order valence-electron chi connectivity index (χ1n) is 39.7. The van der Waals surface area contributed by atoms with E-state index in [0.717, 1.165) is 125 Å². The highest BCUT2D eigenvalue weighted by atomic mass is 16.7. The Hall–Kier alpha value is -12.4. The average Bonchev–Trinajstić information content (AvgIpc) is 0.736. The number of esters is 18. The number of fused-ring (bicyclic) bond motifs is 7. The molecule has 0 bridgehead atoms. The molecule has 7 aliphatic rings. The van der Waals surface area contributed by atoms with Crippen LogP contribution in [0.1, 0.15) is 125 Å². The van der Waals surface area contributed by atoms with Gasteiger partial charge in [-0.25, -0.2) is 0 Å². The van der Waals surface area contributed by atoms with Gasteiger partial charge in [-0.2, -0.15) is 0 Å². The fourth-order valence-electron chi connectivity index (χ4n) is 15.6. The number of carbonyl (C=O) groups excluding carboxylic acids is 23. The molecule has 0 unspecified atom stereocenters. The lowest BCUT2D eigenvalue weighted by Gasteiger charge is -2.53. The van der Waals surface area contributed by atoms with Crippen LogP contribution in [-0.4, -0.2) is 324 Å². The van der Waals surface area contributed by atoms with Crippen molar-refractivity contribution in [2.45, 2.75) is 272 Å². The highest BCUT2D eigenvalue weighted by Gasteiger charge is 2.67. The molecule has 52 nitrogen and oxygen atoms in total. The summed E-state index contributed by atoms with van der Waals surface area (Å²) in [5.74, 6) is -48.0. The Balaban J connectivity index is 1.77. The lowest BCUT2D eigenvalue weighted by Crippen LogP contribution is -2.73. The molecule has 5 amide bonds. The minimum absolute atomic E-state index is 0.718. The maximum Gasteiger partial charge on any atom is 0.303 e. The van der Waals surface area contributed by atoms with Crippen LogP contribution in [0, 0.1) is 35.5 Å². The first-order valence-corrected chi connectivity index (χ1v) is 39.7. The molecule has 7 aliphatic heterocycles. The van der Waals surface area contributed by atoms with Crippen molar-refractivity contribution >= 4 is 137 Å². The molecule has 0 aromatic carbocycles. The smallest absolute Gasteiger partial charge is 0.303 e. The number of ether oxygens (including phenoxy) is 24. The largest absolute Gasteiger partial charge is 0.463 e. The summed E-state index contributed by atoms with van der Waals surface area (Å²) < 4.78 is 141. The molecule has 52 heteroatoms. The molecule has 0 aliphatic carbocycles. The van der Waals surface area contributed by atoms with Crippen LogP contribution in [0.25, 0.3) is 0 Å². The summed E-state index contributed by atoms with van der Waals surface area (Å²) in [6.45, 7) is 7.46. The van der Waals surface area contributed by atoms with Crippen LogP contribution in [0.3, 0.4) is 0 Å². The topological polar surface area (TPSA) is 674 Å². The van der Waals surface area contributed by atoms with Crippen LogP contribution in [0.5, 0.6) is 0 Å². The molecular weight excluding hydrogens is 1750 g/mol. The normalized spacial score (nSPS) is 33.2. The van der Waals surface area contributed by atoms with E-state index in [1.54, 1.807) is 0 Å². The lowest BCUT2D eigenvalue weighted by molar-refractivity contribution is -0.288. The van der Waals surface area contributed by atoms with Gasteiger partial charge in [-0.3, -0.25) is 110 Å². The second-order valence-corrected chi connectivity index (χ2v) is 30.1. The minimum Gasteiger partial charge on any atom is -0.463 e. The van der Waals surface area contributed by atoms with Crippen LogP contribution in [0.2, 0.25) is 0 Å². The van der Waals surface area contributed by atoms with E-state index in [1.807, 2.05) is 0 Å². The van der Waals surface area contributed by atoms with Gasteiger partial charge in [0.25, 0.3) is 0 Å². The predicted molar refractivity (Wildman–Crippen MR) is 400 cm³/mol. The summed E-state index contributed by atoms with van der Waals surface area (Å²) in [4.78, 5) is 326. The quantitative estimate of drug-likeness (QED) is 0.0444. The van der Waals surface area contributed by atoms with Crippen molar-refractivity contribution in [3.05, 3.63) is 0 Å². The van der Waals surface area contributed by atoms with E-state index in [1.165, 1.54) is 0 Å². The maximum atomic E-state index is 17.0. The molecule has 7 fully saturated rings. The van der Waals surface area contributed by atoms with E-state index < -0.39 is 359 Å². The maximum absolute atomic E-state index is 17.0. The first-order chi connectivity index (χ1) is 60.3. The molecular formula is C77H101N5O47. The predicted octanol–water partition coefficient (Wildman–Crippen LogP) is -5.77. The highest BCUT2D eigenvalue weighted by molar-refractivity contribution is 5.89. The zero-order valence-corrected chi connectivity index (χ0v) is 72.8. The van der Waals surface area contributed by atoms with E-state index in [-0.39, 0.29) is 0 Å². The van der Waals surface area contributed by atoms with Gasteiger partial charge in [0, 0.05) is 125 Å². The Morgan fingerprint density at radius 2 is 0.341 bits per heavy atom. The second-order valence-electron chi connectivity index (χ2n) is 30.1. The first kappa shape index (κ1) is 104. The van der Waals surface area contributed by atoms with E-state index in [4.69, 9.17) is 114 Å². The van der Waals surface area contributed by atoms with Gasteiger partial charge in [0.15, 0.2) is 73.2 Å². The van der Waals surface area contributed by atoms with Gasteiger partial charge in [-0.15, -0.1) is 0 Å². The summed E-state index contributed by atoms with van der Waals surface area (Å²) in [6, 6.07) is 0. The van der Waals surface area contributed by atoms with Crippen LogP contribution in [-0.2, 0) is 224 Å². The van der Waals surface area contributed by atoms with Crippen molar-refractivity contribution in [1.82, 2.24) is 26.6 Å². The minimum atomic E-state index is -2.75. The summed E-state index contributed by atoms with van der Waals surface area (Å²) in [5.41, 5.74) is 0. The van der Waals surface area contributed by atoms with E-state index >= 15 is 24.0 Å². The molecule has 5 N–H and O–H groups in total. The number of hydrogen-bond donors (Lipinski definition) is 5. The standard InChI is InChI=1S/C77H101N5O47/c1-25(83)106-19-43-55(112-31(7)89)62(118-37(13)95)49-61(124-43)50-63(119-38(14)96)56(113-32(8)90)44(20-107-26(2)84)125-73(50)79-69(102)51-64(120-39(15)97)58(115-34(10)92)46(22-109-28(4)86)127-75(51)81-71(104)53-66(122-41(17)99)60(117-36(12)94)48(24-111-30(6)88)129-77(53)82-72(105)54-67(123-42(18)100)59(116-35(11)93)47(23-110-29(5)87)128-76(54)80-70(103)52-65(121-40(16)98)57(114-33(9)91)45(21-108-27(3)85)126-74(52)78-68(49)101/h43-67,73-77H,19-24H2,1-18H3,(H,78,101)(H,79,102)(H,80,103)(H,81,104)(H,82,105)/t43-,44-,45-,46-,47-,48-,49+,50-,51+,52+,53+,54+,55-,56-,57-,58-,59-,60-,61-,62-,63-,64-,65-,66-,67-,73-,74-,75-,76-,77-/m1/s1. The summed E-state index contributed by atoms with van der Waals surface area (Å²) in [6.07, 6.45) is -57.5. The molecule has 7 heterocycles. The van der Waals surface area contributed by atoms with E-state index in [9.17, 15) is 86.3 Å². The zero-order chi connectivity index (χ0) is 96.3. The van der Waals surface area contributed by atoms with Crippen molar-refractivity contribution in [3.63, 3.8) is 0 Å². The number of hydrogen-bond acceptors (Lipinski definition) is 47. The summed E-state index contributed by atoms with van der Waals surface area (Å²) in [5, 5.41) is 11.8. The van der Waals surface area contributed by atoms with Gasteiger partial charge in [0.05, 0.1) is 12.0 Å². The van der Waals surface area contributed by atoms with Crippen LogP contribution >= 0.6 is 0 Å². The fourth-order valence-corrected chi connectivity index (χ4v) is 15.6. The monoisotopic (exact) mass is 1850 g/mol. The molecule has 0 radical (unpaired) electrons. The third-order valence-electron chi connectivity index (χ3n) is 19.9. The molecule has 0 saturated carbocycles. The number of amides is 5. The SMILES string of the molecule is CC(=O)OC[C@H]1O[C@@H]2[C@H](C(=O)N[C@@H]3O[C@H](COC(C)=O)[C@@H](OC(C)=O)[C@H](OC(C)=O)[C@H]3C(=O)N[C@@H]3O[C@H](COC(C)=O)[C@@H](OC(C)=O)[C@H](OC(C)=O)[C@H]3C(=O)N[C@@H]3O[C@H](COC(C)=O)[C@@H](OC(C)=O)[C@H](OC(C)=O)[C@H]3C(=O)N[C@@H]3O[C@H](COC(C)=O)[C@@H](OC(C)=O)[C@H](OC(C)=O)[C@H]3C(=O)N[C@@H]3O[C@H](COC(C)=O)[C@@H](OC(C)=O)[C@H](OC(C)=O)[C@@H]23)[C@@H](OC(C)=O)[C@@H]1OC(C)=O. The van der Waals surface area contributed by atoms with Crippen LogP contribution in [0.15, 0.2) is 0 Å². The molecule has 129 heavy (non-hydrogen) atoms. The van der Waals surface area contributed by atoms with Gasteiger partial charge in [-0.05, 0) is 0 Å². The zero-order valence-electron chi connectivity index (χ0n) is 72.8. The molecule has 30 atom stereocenters. The van der Waals surface area contributed by atoms with Crippen LogP contribution in [0.4, 0.5) is 0 Å². The van der Waals surface area contributed by atoms with Gasteiger partial charge in [0.1, 0.15) is 137 Å². The van der Waals surface area contributed by atoms with Gasteiger partial charge >= 0.3 is 107 Å². The fraction of sp³-hybridized carbons (Fsp3) is 0.701. The van der Waals surface area contributed by atoms with Crippen molar-refractivity contribution in [2.75, 3.05) is 39.6 Å². The lowest BCUT2D eigenvalue weighted by atomic mass is 9.74. The molecule has 0 aromatic rings. The van der Waals surface area contributed by atoms with Gasteiger partial charge in [-0.1, -0.05) is 0 Å². The Labute approximate surface area is 732 Å². The molecule has 716 valence electrons. The average molecular weight is 1850 g/mol. The van der Waals surface area contributed by atoms with Crippen molar-refractivity contribution in [3.8, 4) is 0 Å². The van der Waals surface area contributed by atoms with Gasteiger partial charge in [0.2, 0.25) is 29.5 Å². The molecule has 0 aromatic heterocycles. The number of rotatable bonds is 24. The highest BCUT2D eigenvalue weighted by Crippen LogP contribution is 2.45.